The topological polar surface area (TPSA) is 71.5 Å². The molecule has 1 rings (SSSR count). The van der Waals surface area contributed by atoms with Crippen LogP contribution in [0, 0.1) is 6.92 Å². The highest BCUT2D eigenvalue weighted by atomic mass is 16.4. The fraction of sp³-hybridized carbons (Fsp3) is 0.143. The van der Waals surface area contributed by atoms with Crippen LogP contribution in [0.1, 0.15) is 11.1 Å². The molecule has 0 aromatic carbocycles. The van der Waals surface area contributed by atoms with Crippen LogP contribution < -0.4 is 5.73 Å². The van der Waals surface area contributed by atoms with E-state index in [9.17, 15) is 0 Å². The molecule has 1 aromatic heterocycles. The second kappa shape index (κ2) is 3.01. The molecular formula is C7H9N3O. The number of hydrogen-bond acceptors (Lipinski definition) is 4. The van der Waals surface area contributed by atoms with Crippen molar-refractivity contribution in [2.24, 2.45) is 5.16 Å². The normalized spacial score (nSPS) is 10.6. The molecular weight excluding hydrogens is 142 g/mol. The maximum atomic E-state index is 8.19. The van der Waals surface area contributed by atoms with E-state index >= 15 is 0 Å². The summed E-state index contributed by atoms with van der Waals surface area (Å²) < 4.78 is 0. The van der Waals surface area contributed by atoms with Crippen LogP contribution in [-0.2, 0) is 0 Å². The molecule has 1 aromatic rings. The number of rotatable bonds is 1. The van der Waals surface area contributed by atoms with E-state index in [-0.39, 0.29) is 0 Å². The Morgan fingerprint density at radius 1 is 1.73 bits per heavy atom. The van der Waals surface area contributed by atoms with Crippen LogP contribution in [-0.4, -0.2) is 16.4 Å². The minimum atomic E-state index is 0.500. The van der Waals surface area contributed by atoms with Gasteiger partial charge in [0.15, 0.2) is 0 Å². The zero-order valence-corrected chi connectivity index (χ0v) is 6.15. The molecule has 0 unspecified atom stereocenters. The van der Waals surface area contributed by atoms with Crippen molar-refractivity contribution in [1.82, 2.24) is 4.98 Å². The van der Waals surface area contributed by atoms with Crippen LogP contribution in [0.2, 0.25) is 0 Å². The Morgan fingerprint density at radius 3 is 3.00 bits per heavy atom. The van der Waals surface area contributed by atoms with E-state index < -0.39 is 0 Å². The molecule has 0 saturated carbocycles. The van der Waals surface area contributed by atoms with Gasteiger partial charge in [-0.1, -0.05) is 5.16 Å². The monoisotopic (exact) mass is 151 g/mol. The van der Waals surface area contributed by atoms with Gasteiger partial charge in [-0.2, -0.15) is 0 Å². The van der Waals surface area contributed by atoms with Crippen molar-refractivity contribution in [2.75, 3.05) is 5.73 Å². The third kappa shape index (κ3) is 1.67. The number of nitrogens with two attached hydrogens (primary N) is 1. The molecule has 0 bridgehead atoms. The fourth-order valence-electron chi connectivity index (χ4n) is 0.744. The molecule has 1 heterocycles. The molecule has 58 valence electrons. The Balaban J connectivity index is 3.05. The molecule has 11 heavy (non-hydrogen) atoms. The first-order valence-corrected chi connectivity index (χ1v) is 3.13. The number of aryl methyl sites for hydroxylation is 1. The number of aromatic nitrogens is 1. The minimum Gasteiger partial charge on any atom is -0.411 e. The summed E-state index contributed by atoms with van der Waals surface area (Å²) in [5, 5.41) is 11.1. The predicted octanol–water partition coefficient (Wildman–Crippen LogP) is 0.780. The summed E-state index contributed by atoms with van der Waals surface area (Å²) >= 11 is 0. The van der Waals surface area contributed by atoms with E-state index in [2.05, 4.69) is 10.1 Å². The van der Waals surface area contributed by atoms with Crippen molar-refractivity contribution in [3.63, 3.8) is 0 Å². The summed E-state index contributed by atoms with van der Waals surface area (Å²) in [6, 6.07) is 1.79. The van der Waals surface area contributed by atoms with Gasteiger partial charge in [-0.05, 0) is 18.6 Å². The Hall–Kier alpha value is -1.58. The number of hydrogen-bond donors (Lipinski definition) is 2. The predicted molar refractivity (Wildman–Crippen MR) is 42.8 cm³/mol. The summed E-state index contributed by atoms with van der Waals surface area (Å²) in [5.74, 6) is 0.500. The molecule has 0 saturated heterocycles. The van der Waals surface area contributed by atoms with Gasteiger partial charge in [0.2, 0.25) is 0 Å². The number of pyridine rings is 1. The van der Waals surface area contributed by atoms with Crippen LogP contribution in [0.15, 0.2) is 17.4 Å². The molecule has 4 heteroatoms. The van der Waals surface area contributed by atoms with Gasteiger partial charge >= 0.3 is 0 Å². The third-order valence-corrected chi connectivity index (χ3v) is 1.35. The standard InChI is InChI=1S/C7H9N3O/c1-5-2-6(4-10-11)3-9-7(5)8/h2-4,11H,1H3,(H2,8,9)/b10-4+. The summed E-state index contributed by atoms with van der Waals surface area (Å²) in [6.07, 6.45) is 2.85. The molecule has 0 radical (unpaired) electrons. The number of nitrogens with zero attached hydrogens (tertiary/aromatic N) is 2. The van der Waals surface area contributed by atoms with Crippen molar-refractivity contribution in [3.8, 4) is 0 Å². The van der Waals surface area contributed by atoms with Gasteiger partial charge in [-0.3, -0.25) is 0 Å². The zero-order valence-electron chi connectivity index (χ0n) is 6.15. The SMILES string of the molecule is Cc1cc(/C=N/O)cnc1N. The van der Waals surface area contributed by atoms with E-state index in [0.29, 0.717) is 5.82 Å². The van der Waals surface area contributed by atoms with Crippen molar-refractivity contribution >= 4 is 12.0 Å². The largest absolute Gasteiger partial charge is 0.411 e. The molecule has 4 nitrogen and oxygen atoms in total. The summed E-state index contributed by atoms with van der Waals surface area (Å²) in [6.45, 7) is 1.84. The summed E-state index contributed by atoms with van der Waals surface area (Å²) in [7, 11) is 0. The lowest BCUT2D eigenvalue weighted by molar-refractivity contribution is 0.322. The summed E-state index contributed by atoms with van der Waals surface area (Å²) in [5.41, 5.74) is 7.08. The first-order chi connectivity index (χ1) is 5.24. The highest BCUT2D eigenvalue weighted by molar-refractivity contribution is 5.79. The van der Waals surface area contributed by atoms with Crippen LogP contribution in [0.5, 0.6) is 0 Å². The molecule has 0 atom stereocenters. The molecule has 0 aliphatic heterocycles. The van der Waals surface area contributed by atoms with Gasteiger partial charge < -0.3 is 10.9 Å². The molecule has 0 spiro atoms. The van der Waals surface area contributed by atoms with E-state index in [1.807, 2.05) is 6.92 Å². The lowest BCUT2D eigenvalue weighted by atomic mass is 10.2. The molecule has 0 amide bonds. The van der Waals surface area contributed by atoms with E-state index in [0.717, 1.165) is 11.1 Å². The Bertz CT molecular complexity index is 283. The molecule has 3 N–H and O–H groups in total. The number of nitrogen functional groups attached to an aromatic ring is 1. The first-order valence-electron chi connectivity index (χ1n) is 3.13. The summed E-state index contributed by atoms with van der Waals surface area (Å²) in [4.78, 5) is 3.87. The lowest BCUT2D eigenvalue weighted by Gasteiger charge is -1.97. The van der Waals surface area contributed by atoms with Gasteiger partial charge in [0.25, 0.3) is 0 Å². The van der Waals surface area contributed by atoms with Crippen LogP contribution >= 0.6 is 0 Å². The maximum absolute atomic E-state index is 8.19. The third-order valence-electron chi connectivity index (χ3n) is 1.35. The average Bonchev–Trinajstić information content (AvgIpc) is 1.98. The Kier molecular flexibility index (Phi) is 2.06. The van der Waals surface area contributed by atoms with Crippen LogP contribution in [0.25, 0.3) is 0 Å². The van der Waals surface area contributed by atoms with Gasteiger partial charge in [0.05, 0.1) is 6.21 Å². The van der Waals surface area contributed by atoms with E-state index in [4.69, 9.17) is 10.9 Å². The smallest absolute Gasteiger partial charge is 0.126 e. The number of anilines is 1. The molecule has 0 fully saturated rings. The van der Waals surface area contributed by atoms with Crippen molar-refractivity contribution in [1.29, 1.82) is 0 Å². The van der Waals surface area contributed by atoms with Crippen molar-refractivity contribution < 1.29 is 5.21 Å². The van der Waals surface area contributed by atoms with E-state index in [1.54, 1.807) is 12.3 Å². The lowest BCUT2D eigenvalue weighted by Crippen LogP contribution is -1.95. The second-order valence-corrected chi connectivity index (χ2v) is 2.22. The van der Waals surface area contributed by atoms with Gasteiger partial charge in [-0.25, -0.2) is 4.98 Å². The highest BCUT2D eigenvalue weighted by Gasteiger charge is 1.94. The minimum absolute atomic E-state index is 0.500. The molecule has 0 aliphatic carbocycles. The number of oxime groups is 1. The zero-order chi connectivity index (χ0) is 8.27. The van der Waals surface area contributed by atoms with Crippen LogP contribution in [0.4, 0.5) is 5.82 Å². The molecule has 0 aliphatic rings. The average molecular weight is 151 g/mol. The first kappa shape index (κ1) is 7.53. The quantitative estimate of drug-likeness (QED) is 0.354. The maximum Gasteiger partial charge on any atom is 0.126 e. The highest BCUT2D eigenvalue weighted by Crippen LogP contribution is 2.06. The second-order valence-electron chi connectivity index (χ2n) is 2.22. The Morgan fingerprint density at radius 2 is 2.45 bits per heavy atom. The van der Waals surface area contributed by atoms with Crippen molar-refractivity contribution in [3.05, 3.63) is 23.4 Å². The van der Waals surface area contributed by atoms with Crippen molar-refractivity contribution in [2.45, 2.75) is 6.92 Å². The Labute approximate surface area is 64.4 Å². The van der Waals surface area contributed by atoms with E-state index in [1.165, 1.54) is 6.21 Å². The fourth-order valence-corrected chi connectivity index (χ4v) is 0.744. The van der Waals surface area contributed by atoms with Crippen LogP contribution in [0.3, 0.4) is 0 Å². The van der Waals surface area contributed by atoms with Gasteiger partial charge in [0, 0.05) is 11.8 Å². The van der Waals surface area contributed by atoms with Gasteiger partial charge in [0.1, 0.15) is 5.82 Å². The van der Waals surface area contributed by atoms with Gasteiger partial charge in [-0.15, -0.1) is 0 Å².